The Morgan fingerprint density at radius 2 is 1.73 bits per heavy atom. The molecule has 2 N–H and O–H groups in total. The third kappa shape index (κ3) is 6.32. The lowest BCUT2D eigenvalue weighted by Crippen LogP contribution is -2.41. The minimum Gasteiger partial charge on any atom is -0.303 e. The number of benzene rings is 2. The summed E-state index contributed by atoms with van der Waals surface area (Å²) in [4.78, 5) is 7.02. The predicted molar refractivity (Wildman–Crippen MR) is 139 cm³/mol. The van der Waals surface area contributed by atoms with E-state index in [1.807, 2.05) is 42.5 Å². The number of piperidine rings is 1. The number of nitrogens with two attached hydrogens (primary N) is 1. The third-order valence-corrected chi connectivity index (χ3v) is 6.53. The first-order valence-electron chi connectivity index (χ1n) is 11.5. The summed E-state index contributed by atoms with van der Waals surface area (Å²) < 4.78 is 0. The molecule has 0 spiro atoms. The van der Waals surface area contributed by atoms with Gasteiger partial charge in [-0.25, -0.2) is 10.8 Å². The molecule has 0 atom stereocenters. The second-order valence-electron chi connectivity index (χ2n) is 8.51. The normalized spacial score (nSPS) is 15.4. The number of nitrogens with zero attached hydrogens (tertiary/aromatic N) is 3. The van der Waals surface area contributed by atoms with Crippen molar-refractivity contribution in [3.05, 3.63) is 113 Å². The van der Waals surface area contributed by atoms with Crippen molar-refractivity contribution in [3.8, 4) is 0 Å². The van der Waals surface area contributed by atoms with Crippen LogP contribution in [0.25, 0.3) is 5.57 Å². The van der Waals surface area contributed by atoms with E-state index in [2.05, 4.69) is 52.9 Å². The average Bonchev–Trinajstić information content (AvgIpc) is 2.87. The van der Waals surface area contributed by atoms with Crippen molar-refractivity contribution in [1.29, 1.82) is 0 Å². The van der Waals surface area contributed by atoms with Gasteiger partial charge in [0.2, 0.25) is 0 Å². The quantitative estimate of drug-likeness (QED) is 0.256. The van der Waals surface area contributed by atoms with Gasteiger partial charge in [0, 0.05) is 29.4 Å². The summed E-state index contributed by atoms with van der Waals surface area (Å²) in [6, 6.07) is 24.3. The SMILES string of the molecule is C=C(/C=C(/C1CCN(CCc2ccccc2)CC1)N(N)c1ccccn1)c1ccc(Cl)cc1. The lowest BCUT2D eigenvalue weighted by molar-refractivity contribution is 0.199. The number of likely N-dealkylation sites (tertiary alicyclic amines) is 1. The van der Waals surface area contributed by atoms with Gasteiger partial charge in [0.1, 0.15) is 5.82 Å². The molecule has 0 saturated carbocycles. The van der Waals surface area contributed by atoms with Gasteiger partial charge in [-0.1, -0.05) is 66.7 Å². The molecule has 1 aliphatic rings. The number of aromatic nitrogens is 1. The number of halogens is 1. The van der Waals surface area contributed by atoms with E-state index in [1.165, 1.54) is 5.56 Å². The number of anilines is 1. The van der Waals surface area contributed by atoms with Crippen LogP contribution in [-0.4, -0.2) is 29.5 Å². The molecule has 4 rings (SSSR count). The van der Waals surface area contributed by atoms with Crippen molar-refractivity contribution in [2.75, 3.05) is 24.6 Å². The highest BCUT2D eigenvalue weighted by atomic mass is 35.5. The molecule has 0 unspecified atom stereocenters. The highest BCUT2D eigenvalue weighted by Gasteiger charge is 2.26. The van der Waals surface area contributed by atoms with Gasteiger partial charge < -0.3 is 4.90 Å². The van der Waals surface area contributed by atoms with Crippen molar-refractivity contribution >= 4 is 23.0 Å². The van der Waals surface area contributed by atoms with Crippen LogP contribution in [0.4, 0.5) is 5.82 Å². The van der Waals surface area contributed by atoms with Gasteiger partial charge >= 0.3 is 0 Å². The van der Waals surface area contributed by atoms with Crippen molar-refractivity contribution in [1.82, 2.24) is 9.88 Å². The Hall–Kier alpha value is -2.92. The van der Waals surface area contributed by atoms with Crippen LogP contribution in [0.3, 0.4) is 0 Å². The molecule has 1 aliphatic heterocycles. The molecule has 33 heavy (non-hydrogen) atoms. The fraction of sp³-hybridized carbons (Fsp3) is 0.250. The van der Waals surface area contributed by atoms with Crippen LogP contribution in [0.2, 0.25) is 5.02 Å². The summed E-state index contributed by atoms with van der Waals surface area (Å²) in [5, 5.41) is 2.44. The molecular weight excluding hydrogens is 428 g/mol. The van der Waals surface area contributed by atoms with Crippen LogP contribution in [0.1, 0.15) is 24.0 Å². The molecule has 3 aromatic rings. The van der Waals surface area contributed by atoms with Crippen LogP contribution in [0.15, 0.2) is 97.3 Å². The molecule has 2 heterocycles. The second kappa shape index (κ2) is 11.3. The van der Waals surface area contributed by atoms with Crippen LogP contribution in [0, 0.1) is 5.92 Å². The van der Waals surface area contributed by atoms with Crippen molar-refractivity contribution < 1.29 is 0 Å². The van der Waals surface area contributed by atoms with E-state index in [0.29, 0.717) is 10.9 Å². The Morgan fingerprint density at radius 1 is 1.03 bits per heavy atom. The van der Waals surface area contributed by atoms with Gasteiger partial charge in [-0.3, -0.25) is 5.01 Å². The first-order chi connectivity index (χ1) is 16.1. The van der Waals surface area contributed by atoms with Gasteiger partial charge in [0.25, 0.3) is 0 Å². The second-order valence-corrected chi connectivity index (χ2v) is 8.95. The zero-order valence-electron chi connectivity index (χ0n) is 18.9. The number of hydrogen-bond donors (Lipinski definition) is 1. The van der Waals surface area contributed by atoms with Crippen LogP contribution >= 0.6 is 11.6 Å². The monoisotopic (exact) mass is 458 g/mol. The van der Waals surface area contributed by atoms with Gasteiger partial charge in [-0.2, -0.15) is 0 Å². The maximum Gasteiger partial charge on any atom is 0.146 e. The maximum absolute atomic E-state index is 6.62. The van der Waals surface area contributed by atoms with Crippen molar-refractivity contribution in [3.63, 3.8) is 0 Å². The highest BCUT2D eigenvalue weighted by Crippen LogP contribution is 2.31. The predicted octanol–water partition coefficient (Wildman–Crippen LogP) is 5.97. The van der Waals surface area contributed by atoms with Crippen LogP contribution < -0.4 is 10.9 Å². The van der Waals surface area contributed by atoms with Gasteiger partial charge in [-0.05, 0) is 79.4 Å². The maximum atomic E-state index is 6.62. The molecule has 0 radical (unpaired) electrons. The molecule has 2 aromatic carbocycles. The highest BCUT2D eigenvalue weighted by molar-refractivity contribution is 6.30. The number of hydrazine groups is 1. The summed E-state index contributed by atoms with van der Waals surface area (Å²) in [5.74, 6) is 7.69. The Morgan fingerprint density at radius 3 is 2.39 bits per heavy atom. The summed E-state index contributed by atoms with van der Waals surface area (Å²) >= 11 is 6.07. The Kier molecular flexibility index (Phi) is 7.95. The zero-order valence-corrected chi connectivity index (χ0v) is 19.7. The van der Waals surface area contributed by atoms with E-state index >= 15 is 0 Å². The molecule has 0 bridgehead atoms. The minimum absolute atomic E-state index is 0.342. The number of pyridine rings is 1. The van der Waals surface area contributed by atoms with Crippen molar-refractivity contribution in [2.45, 2.75) is 19.3 Å². The molecule has 0 aliphatic carbocycles. The molecule has 1 fully saturated rings. The van der Waals surface area contributed by atoms with E-state index in [9.17, 15) is 0 Å². The minimum atomic E-state index is 0.342. The standard InChI is InChI=1S/C28H31ClN4/c1-22(24-10-12-26(29)13-11-24)21-27(33(30)28-9-5-6-17-31-28)25-15-19-32(20-16-25)18-14-23-7-3-2-4-8-23/h2-13,17,21,25H,1,14-16,18-20,30H2/b27-21-. The molecule has 5 heteroatoms. The van der Waals surface area contributed by atoms with E-state index in [1.54, 1.807) is 11.2 Å². The summed E-state index contributed by atoms with van der Waals surface area (Å²) in [6.45, 7) is 7.50. The van der Waals surface area contributed by atoms with E-state index in [-0.39, 0.29) is 0 Å². The first kappa shape index (κ1) is 23.2. The van der Waals surface area contributed by atoms with Crippen LogP contribution in [0.5, 0.6) is 0 Å². The molecule has 1 saturated heterocycles. The molecular formula is C28H31ClN4. The zero-order chi connectivity index (χ0) is 23.0. The average molecular weight is 459 g/mol. The van der Waals surface area contributed by atoms with Gasteiger partial charge in [0.05, 0.1) is 0 Å². The largest absolute Gasteiger partial charge is 0.303 e. The molecule has 4 nitrogen and oxygen atoms in total. The van der Waals surface area contributed by atoms with E-state index < -0.39 is 0 Å². The summed E-state index contributed by atoms with van der Waals surface area (Å²) in [5.41, 5.74) is 4.39. The lowest BCUT2D eigenvalue weighted by Gasteiger charge is -2.36. The number of rotatable bonds is 8. The van der Waals surface area contributed by atoms with Gasteiger partial charge in [0.15, 0.2) is 0 Å². The molecule has 0 amide bonds. The Labute approximate surface area is 202 Å². The first-order valence-corrected chi connectivity index (χ1v) is 11.9. The Bertz CT molecular complexity index is 1060. The number of hydrogen-bond acceptors (Lipinski definition) is 4. The molecule has 170 valence electrons. The number of allylic oxidation sites excluding steroid dienone is 3. The summed E-state index contributed by atoms with van der Waals surface area (Å²) in [6.07, 6.45) is 7.07. The van der Waals surface area contributed by atoms with Gasteiger partial charge in [-0.15, -0.1) is 0 Å². The topological polar surface area (TPSA) is 45.4 Å². The van der Waals surface area contributed by atoms with E-state index in [4.69, 9.17) is 17.4 Å². The third-order valence-electron chi connectivity index (χ3n) is 6.28. The molecule has 1 aromatic heterocycles. The lowest BCUT2D eigenvalue weighted by atomic mass is 9.90. The van der Waals surface area contributed by atoms with Crippen molar-refractivity contribution in [2.24, 2.45) is 11.8 Å². The summed E-state index contributed by atoms with van der Waals surface area (Å²) in [7, 11) is 0. The smallest absolute Gasteiger partial charge is 0.146 e. The Balaban J connectivity index is 1.48. The fourth-order valence-electron chi connectivity index (χ4n) is 4.32. The fourth-order valence-corrected chi connectivity index (χ4v) is 4.45. The van der Waals surface area contributed by atoms with Crippen LogP contribution in [-0.2, 0) is 6.42 Å². The van der Waals surface area contributed by atoms with E-state index in [0.717, 1.165) is 61.5 Å².